The van der Waals surface area contributed by atoms with Crippen molar-refractivity contribution in [3.63, 3.8) is 0 Å². The fourth-order valence-corrected chi connectivity index (χ4v) is 1.98. The van der Waals surface area contributed by atoms with Crippen LogP contribution in [0.5, 0.6) is 0 Å². The Labute approximate surface area is 105 Å². The monoisotopic (exact) mass is 244 g/mol. The van der Waals surface area contributed by atoms with Crippen molar-refractivity contribution in [1.82, 2.24) is 5.32 Å². The summed E-state index contributed by atoms with van der Waals surface area (Å²) in [6.07, 6.45) is 1.32. The molecule has 0 aliphatic carbocycles. The van der Waals surface area contributed by atoms with Crippen LogP contribution in [0.25, 0.3) is 0 Å². The number of carbonyl (C=O) groups is 1. The van der Waals surface area contributed by atoms with E-state index < -0.39 is 11.6 Å². The molecule has 0 fully saturated rings. The first-order valence-electron chi connectivity index (χ1n) is 6.39. The molecule has 0 aliphatic heterocycles. The summed E-state index contributed by atoms with van der Waals surface area (Å²) < 4.78 is 0. The predicted octanol–water partition coefficient (Wildman–Crippen LogP) is 1.27. The zero-order valence-corrected chi connectivity index (χ0v) is 11.8. The van der Waals surface area contributed by atoms with E-state index in [1.165, 1.54) is 0 Å². The van der Waals surface area contributed by atoms with Crippen molar-refractivity contribution in [3.8, 4) is 0 Å². The van der Waals surface area contributed by atoms with Crippen molar-refractivity contribution in [1.29, 1.82) is 0 Å². The van der Waals surface area contributed by atoms with Crippen LogP contribution in [0.15, 0.2) is 0 Å². The number of hydrogen-bond acceptors (Lipinski definition) is 3. The highest BCUT2D eigenvalue weighted by Crippen LogP contribution is 2.15. The Morgan fingerprint density at radius 2 is 1.82 bits per heavy atom. The summed E-state index contributed by atoms with van der Waals surface area (Å²) in [4.78, 5) is 11.7. The Kier molecular flexibility index (Phi) is 6.72. The van der Waals surface area contributed by atoms with Crippen molar-refractivity contribution in [2.75, 3.05) is 6.54 Å². The van der Waals surface area contributed by atoms with Crippen LogP contribution in [-0.4, -0.2) is 29.2 Å². The summed E-state index contributed by atoms with van der Waals surface area (Å²) in [5.74, 6) is 0.612. The van der Waals surface area contributed by atoms with Crippen LogP contribution in [-0.2, 0) is 4.79 Å². The zero-order chi connectivity index (χ0) is 13.6. The molecule has 1 amide bonds. The molecule has 0 bridgehead atoms. The number of rotatable bonds is 7. The molecule has 102 valence electrons. The Morgan fingerprint density at radius 1 is 1.29 bits per heavy atom. The summed E-state index contributed by atoms with van der Waals surface area (Å²) in [6.45, 7) is 10.1. The number of amides is 1. The largest absolute Gasteiger partial charge is 0.388 e. The molecular formula is C13H28N2O2. The van der Waals surface area contributed by atoms with Crippen LogP contribution in [0.3, 0.4) is 0 Å². The fraction of sp³-hybridized carbons (Fsp3) is 0.923. The van der Waals surface area contributed by atoms with E-state index in [0.717, 1.165) is 0 Å². The summed E-state index contributed by atoms with van der Waals surface area (Å²) >= 11 is 0. The Balaban J connectivity index is 4.06. The first-order chi connectivity index (χ1) is 7.64. The SMILES string of the molecule is CC(C)CC(N)C(=O)NCC(C)(O)CC(C)C. The molecule has 0 heterocycles. The number of nitrogens with one attached hydrogen (secondary N) is 1. The molecule has 0 aromatic rings. The third kappa shape index (κ3) is 8.16. The Bertz CT molecular complexity index is 238. The van der Waals surface area contributed by atoms with Gasteiger partial charge in [-0.25, -0.2) is 0 Å². The number of nitrogens with two attached hydrogens (primary N) is 1. The van der Waals surface area contributed by atoms with Gasteiger partial charge in [0.25, 0.3) is 0 Å². The molecular weight excluding hydrogens is 216 g/mol. The molecule has 17 heavy (non-hydrogen) atoms. The highest BCUT2D eigenvalue weighted by molar-refractivity contribution is 5.81. The molecule has 2 atom stereocenters. The third-order valence-corrected chi connectivity index (χ3v) is 2.55. The van der Waals surface area contributed by atoms with E-state index in [-0.39, 0.29) is 12.5 Å². The topological polar surface area (TPSA) is 75.4 Å². The molecule has 4 nitrogen and oxygen atoms in total. The van der Waals surface area contributed by atoms with E-state index >= 15 is 0 Å². The maximum Gasteiger partial charge on any atom is 0.237 e. The van der Waals surface area contributed by atoms with Crippen molar-refractivity contribution in [2.24, 2.45) is 17.6 Å². The molecule has 0 aliphatic rings. The van der Waals surface area contributed by atoms with E-state index in [9.17, 15) is 9.90 Å². The lowest BCUT2D eigenvalue weighted by molar-refractivity contribution is -0.124. The van der Waals surface area contributed by atoms with Gasteiger partial charge in [0.15, 0.2) is 0 Å². The molecule has 4 N–H and O–H groups in total. The minimum Gasteiger partial charge on any atom is -0.388 e. The second kappa shape index (κ2) is 6.97. The van der Waals surface area contributed by atoms with Gasteiger partial charge in [0, 0.05) is 6.54 Å². The number of carbonyl (C=O) groups excluding carboxylic acids is 1. The summed E-state index contributed by atoms with van der Waals surface area (Å²) in [6, 6.07) is -0.482. The molecule has 0 saturated carbocycles. The average Bonchev–Trinajstić information content (AvgIpc) is 2.11. The third-order valence-electron chi connectivity index (χ3n) is 2.55. The van der Waals surface area contributed by atoms with Gasteiger partial charge in [-0.2, -0.15) is 0 Å². The van der Waals surface area contributed by atoms with Gasteiger partial charge in [-0.1, -0.05) is 27.7 Å². The van der Waals surface area contributed by atoms with Crippen molar-refractivity contribution < 1.29 is 9.90 Å². The van der Waals surface area contributed by atoms with Crippen LogP contribution < -0.4 is 11.1 Å². The standard InChI is InChI=1S/C13H28N2O2/c1-9(2)6-11(14)12(16)15-8-13(5,17)7-10(3)4/h9-11,17H,6-8,14H2,1-5H3,(H,15,16). The minimum absolute atomic E-state index is 0.178. The minimum atomic E-state index is -0.860. The number of hydrogen-bond donors (Lipinski definition) is 3. The van der Waals surface area contributed by atoms with Crippen molar-refractivity contribution >= 4 is 5.91 Å². The van der Waals surface area contributed by atoms with Crippen LogP contribution in [0.4, 0.5) is 0 Å². The molecule has 4 heteroatoms. The maximum absolute atomic E-state index is 11.7. The first kappa shape index (κ1) is 16.4. The first-order valence-corrected chi connectivity index (χ1v) is 6.39. The quantitative estimate of drug-likeness (QED) is 0.631. The van der Waals surface area contributed by atoms with E-state index in [1.807, 2.05) is 27.7 Å². The van der Waals surface area contributed by atoms with E-state index in [0.29, 0.717) is 24.7 Å². The second-order valence-electron chi connectivity index (χ2n) is 6.05. The van der Waals surface area contributed by atoms with Gasteiger partial charge >= 0.3 is 0 Å². The van der Waals surface area contributed by atoms with Gasteiger partial charge in [0.1, 0.15) is 0 Å². The number of aliphatic hydroxyl groups is 1. The van der Waals surface area contributed by atoms with E-state index in [4.69, 9.17) is 5.73 Å². The highest BCUT2D eigenvalue weighted by Gasteiger charge is 2.24. The Morgan fingerprint density at radius 3 is 2.24 bits per heavy atom. The van der Waals surface area contributed by atoms with Gasteiger partial charge in [0.05, 0.1) is 11.6 Å². The van der Waals surface area contributed by atoms with Gasteiger partial charge < -0.3 is 16.2 Å². The van der Waals surface area contributed by atoms with Crippen molar-refractivity contribution in [3.05, 3.63) is 0 Å². The molecule has 0 saturated heterocycles. The summed E-state index contributed by atoms with van der Waals surface area (Å²) in [5, 5.41) is 12.8. The highest BCUT2D eigenvalue weighted by atomic mass is 16.3. The lowest BCUT2D eigenvalue weighted by Gasteiger charge is -2.26. The van der Waals surface area contributed by atoms with Gasteiger partial charge in [0.2, 0.25) is 5.91 Å². The summed E-state index contributed by atoms with van der Waals surface area (Å²) in [5.41, 5.74) is 4.90. The Hall–Kier alpha value is -0.610. The lowest BCUT2D eigenvalue weighted by atomic mass is 9.94. The van der Waals surface area contributed by atoms with Crippen LogP contribution in [0.1, 0.15) is 47.5 Å². The predicted molar refractivity (Wildman–Crippen MR) is 70.5 cm³/mol. The van der Waals surface area contributed by atoms with Gasteiger partial charge in [-0.3, -0.25) is 4.79 Å². The molecule has 0 aromatic carbocycles. The average molecular weight is 244 g/mol. The van der Waals surface area contributed by atoms with E-state index in [1.54, 1.807) is 6.92 Å². The molecule has 0 aromatic heterocycles. The van der Waals surface area contributed by atoms with Gasteiger partial charge in [-0.05, 0) is 31.6 Å². The lowest BCUT2D eigenvalue weighted by Crippen LogP contribution is -2.47. The second-order valence-corrected chi connectivity index (χ2v) is 6.05. The van der Waals surface area contributed by atoms with Crippen LogP contribution >= 0.6 is 0 Å². The van der Waals surface area contributed by atoms with Crippen LogP contribution in [0, 0.1) is 11.8 Å². The van der Waals surface area contributed by atoms with Crippen molar-refractivity contribution in [2.45, 2.75) is 59.1 Å². The zero-order valence-electron chi connectivity index (χ0n) is 11.8. The molecule has 0 radical (unpaired) electrons. The fourth-order valence-electron chi connectivity index (χ4n) is 1.98. The van der Waals surface area contributed by atoms with Crippen LogP contribution in [0.2, 0.25) is 0 Å². The summed E-state index contributed by atoms with van der Waals surface area (Å²) in [7, 11) is 0. The smallest absolute Gasteiger partial charge is 0.237 e. The normalized spacial score (nSPS) is 17.0. The molecule has 0 spiro atoms. The molecule has 0 rings (SSSR count). The molecule has 2 unspecified atom stereocenters. The van der Waals surface area contributed by atoms with Gasteiger partial charge in [-0.15, -0.1) is 0 Å². The van der Waals surface area contributed by atoms with E-state index in [2.05, 4.69) is 5.32 Å². The maximum atomic E-state index is 11.7.